The lowest BCUT2D eigenvalue weighted by Crippen LogP contribution is -2.46. The van der Waals surface area contributed by atoms with Gasteiger partial charge in [-0.05, 0) is 31.2 Å². The highest BCUT2D eigenvalue weighted by Crippen LogP contribution is 2.13. The maximum atomic E-state index is 13.1. The van der Waals surface area contributed by atoms with Crippen LogP contribution in [-0.2, 0) is 0 Å². The van der Waals surface area contributed by atoms with Gasteiger partial charge in [-0.1, -0.05) is 11.8 Å². The number of nitrogens with zero attached hydrogens (tertiary/aromatic N) is 1. The molecule has 3 rings (SSSR count). The lowest BCUT2D eigenvalue weighted by Gasteiger charge is -2.27. The Hall–Kier alpha value is -2.45. The molecule has 1 unspecified atom stereocenters. The summed E-state index contributed by atoms with van der Waals surface area (Å²) >= 11 is 0. The normalized spacial score (nSPS) is 16.4. The standard InChI is InChI=1S/C17H14F2N2O/c18-14-5-12(6-15(19)8-14)1-2-13-7-17(10-20-9-13)22-11-16-3-4-21-16/h5-10,16,21H,3-4,11H2. The second kappa shape index (κ2) is 6.54. The second-order valence-corrected chi connectivity index (χ2v) is 5.07. The van der Waals surface area contributed by atoms with E-state index in [1.807, 2.05) is 0 Å². The van der Waals surface area contributed by atoms with Gasteiger partial charge >= 0.3 is 0 Å². The monoisotopic (exact) mass is 300 g/mol. The van der Waals surface area contributed by atoms with Crippen LogP contribution in [0.2, 0.25) is 0 Å². The van der Waals surface area contributed by atoms with E-state index in [9.17, 15) is 8.78 Å². The van der Waals surface area contributed by atoms with Crippen LogP contribution in [0.15, 0.2) is 36.7 Å². The SMILES string of the molecule is Fc1cc(F)cc(C#Cc2cncc(OCC3CCN3)c2)c1. The summed E-state index contributed by atoms with van der Waals surface area (Å²) in [5, 5.41) is 3.24. The van der Waals surface area contributed by atoms with Crippen LogP contribution in [-0.4, -0.2) is 24.2 Å². The number of rotatable bonds is 3. The van der Waals surface area contributed by atoms with E-state index >= 15 is 0 Å². The number of ether oxygens (including phenoxy) is 1. The molecule has 2 heterocycles. The Morgan fingerprint density at radius 2 is 1.82 bits per heavy atom. The Kier molecular flexibility index (Phi) is 4.31. The molecular formula is C17H14F2N2O. The van der Waals surface area contributed by atoms with Crippen molar-refractivity contribution in [1.29, 1.82) is 0 Å². The minimum atomic E-state index is -0.646. The molecule has 0 radical (unpaired) electrons. The summed E-state index contributed by atoms with van der Waals surface area (Å²) in [6, 6.07) is 5.34. The number of pyridine rings is 1. The van der Waals surface area contributed by atoms with Crippen molar-refractivity contribution in [2.75, 3.05) is 13.2 Å². The summed E-state index contributed by atoms with van der Waals surface area (Å²) in [6.07, 6.45) is 4.31. The van der Waals surface area contributed by atoms with E-state index < -0.39 is 11.6 Å². The smallest absolute Gasteiger partial charge is 0.138 e. The Morgan fingerprint density at radius 3 is 2.50 bits per heavy atom. The zero-order valence-electron chi connectivity index (χ0n) is 11.8. The van der Waals surface area contributed by atoms with Gasteiger partial charge in [0.1, 0.15) is 24.0 Å². The summed E-state index contributed by atoms with van der Waals surface area (Å²) < 4.78 is 31.8. The summed E-state index contributed by atoms with van der Waals surface area (Å²) in [6.45, 7) is 1.62. The van der Waals surface area contributed by atoms with E-state index in [-0.39, 0.29) is 5.56 Å². The molecule has 0 aliphatic carbocycles. The third-order valence-corrected chi connectivity index (χ3v) is 3.30. The lowest BCUT2D eigenvalue weighted by molar-refractivity contribution is 0.217. The molecule has 0 amide bonds. The van der Waals surface area contributed by atoms with Crippen LogP contribution in [0.25, 0.3) is 0 Å². The number of hydrogen-bond acceptors (Lipinski definition) is 3. The Balaban J connectivity index is 1.70. The molecule has 1 atom stereocenters. The Bertz CT molecular complexity index is 713. The summed E-state index contributed by atoms with van der Waals surface area (Å²) in [7, 11) is 0. The molecule has 5 heteroatoms. The van der Waals surface area contributed by atoms with Gasteiger partial charge < -0.3 is 10.1 Å². The van der Waals surface area contributed by atoms with E-state index in [0.717, 1.165) is 19.0 Å². The molecule has 1 N–H and O–H groups in total. The molecule has 2 aromatic rings. The topological polar surface area (TPSA) is 34.1 Å². The Morgan fingerprint density at radius 1 is 1.09 bits per heavy atom. The van der Waals surface area contributed by atoms with Gasteiger partial charge in [-0.25, -0.2) is 8.78 Å². The second-order valence-electron chi connectivity index (χ2n) is 5.07. The van der Waals surface area contributed by atoms with Crippen LogP contribution in [0, 0.1) is 23.5 Å². The van der Waals surface area contributed by atoms with Crippen LogP contribution in [0.4, 0.5) is 8.78 Å². The van der Waals surface area contributed by atoms with Crippen LogP contribution in [0.1, 0.15) is 17.5 Å². The molecule has 1 aromatic carbocycles. The highest BCUT2D eigenvalue weighted by molar-refractivity contribution is 5.43. The lowest BCUT2D eigenvalue weighted by atomic mass is 10.1. The first-order valence-electron chi connectivity index (χ1n) is 6.98. The van der Waals surface area contributed by atoms with Crippen molar-refractivity contribution in [2.45, 2.75) is 12.5 Å². The fourth-order valence-corrected chi connectivity index (χ4v) is 2.02. The van der Waals surface area contributed by atoms with Gasteiger partial charge in [0.05, 0.1) is 6.20 Å². The van der Waals surface area contributed by atoms with Gasteiger partial charge in [0.15, 0.2) is 0 Å². The minimum absolute atomic E-state index is 0.280. The van der Waals surface area contributed by atoms with Crippen molar-refractivity contribution in [3.63, 3.8) is 0 Å². The molecular weight excluding hydrogens is 286 g/mol. The first-order chi connectivity index (χ1) is 10.7. The summed E-state index contributed by atoms with van der Waals surface area (Å²) in [5.41, 5.74) is 0.909. The van der Waals surface area contributed by atoms with E-state index in [0.29, 0.717) is 24.0 Å². The molecule has 1 saturated heterocycles. The largest absolute Gasteiger partial charge is 0.490 e. The van der Waals surface area contributed by atoms with E-state index in [2.05, 4.69) is 22.1 Å². The first-order valence-corrected chi connectivity index (χ1v) is 6.98. The zero-order valence-corrected chi connectivity index (χ0v) is 11.8. The predicted octanol–water partition coefficient (Wildman–Crippen LogP) is 2.50. The molecule has 1 aromatic heterocycles. The number of aromatic nitrogens is 1. The van der Waals surface area contributed by atoms with Crippen LogP contribution < -0.4 is 10.1 Å². The van der Waals surface area contributed by atoms with Crippen LogP contribution in [0.5, 0.6) is 5.75 Å². The molecule has 3 nitrogen and oxygen atoms in total. The quantitative estimate of drug-likeness (QED) is 0.884. The van der Waals surface area contributed by atoms with E-state index in [1.54, 1.807) is 18.5 Å². The van der Waals surface area contributed by atoms with Crippen molar-refractivity contribution < 1.29 is 13.5 Å². The molecule has 1 fully saturated rings. The van der Waals surface area contributed by atoms with E-state index in [1.165, 1.54) is 12.1 Å². The Labute approximate surface area is 127 Å². The van der Waals surface area contributed by atoms with Gasteiger partial charge in [0.25, 0.3) is 0 Å². The molecule has 0 bridgehead atoms. The third-order valence-electron chi connectivity index (χ3n) is 3.30. The van der Waals surface area contributed by atoms with Crippen molar-refractivity contribution in [3.05, 3.63) is 59.4 Å². The fourth-order valence-electron chi connectivity index (χ4n) is 2.02. The molecule has 22 heavy (non-hydrogen) atoms. The maximum absolute atomic E-state index is 13.1. The number of nitrogens with one attached hydrogen (secondary N) is 1. The minimum Gasteiger partial charge on any atom is -0.490 e. The average molecular weight is 300 g/mol. The fraction of sp³-hybridized carbons (Fsp3) is 0.235. The molecule has 1 aliphatic heterocycles. The van der Waals surface area contributed by atoms with Gasteiger partial charge in [0.2, 0.25) is 0 Å². The summed E-state index contributed by atoms with van der Waals surface area (Å²) in [5.74, 6) is 4.89. The van der Waals surface area contributed by atoms with E-state index in [4.69, 9.17) is 4.74 Å². The summed E-state index contributed by atoms with van der Waals surface area (Å²) in [4.78, 5) is 4.06. The molecule has 0 spiro atoms. The van der Waals surface area contributed by atoms with Crippen LogP contribution >= 0.6 is 0 Å². The number of benzene rings is 1. The van der Waals surface area contributed by atoms with Crippen molar-refractivity contribution in [2.24, 2.45) is 0 Å². The van der Waals surface area contributed by atoms with Crippen molar-refractivity contribution >= 4 is 0 Å². The third kappa shape index (κ3) is 3.80. The van der Waals surface area contributed by atoms with Gasteiger partial charge in [-0.2, -0.15) is 0 Å². The molecule has 112 valence electrons. The van der Waals surface area contributed by atoms with Crippen LogP contribution in [0.3, 0.4) is 0 Å². The van der Waals surface area contributed by atoms with Gasteiger partial charge in [-0.15, -0.1) is 0 Å². The zero-order chi connectivity index (χ0) is 15.4. The maximum Gasteiger partial charge on any atom is 0.138 e. The number of hydrogen-bond donors (Lipinski definition) is 1. The van der Waals surface area contributed by atoms with Crippen molar-refractivity contribution in [3.8, 4) is 17.6 Å². The molecule has 1 aliphatic rings. The number of halogens is 2. The van der Waals surface area contributed by atoms with Gasteiger partial charge in [0, 0.05) is 29.4 Å². The predicted molar refractivity (Wildman–Crippen MR) is 78.5 cm³/mol. The highest BCUT2D eigenvalue weighted by Gasteiger charge is 2.16. The molecule has 0 saturated carbocycles. The van der Waals surface area contributed by atoms with Crippen molar-refractivity contribution in [1.82, 2.24) is 10.3 Å². The average Bonchev–Trinajstić information content (AvgIpc) is 2.43. The van der Waals surface area contributed by atoms with Gasteiger partial charge in [-0.3, -0.25) is 4.98 Å². The highest BCUT2D eigenvalue weighted by atomic mass is 19.1. The first kappa shape index (κ1) is 14.5.